The molecule has 0 unspecified atom stereocenters. The second-order valence-corrected chi connectivity index (χ2v) is 3.67. The summed E-state index contributed by atoms with van der Waals surface area (Å²) in [5, 5.41) is 2.85. The maximum absolute atomic E-state index is 9.86. The van der Waals surface area contributed by atoms with E-state index in [2.05, 4.69) is 29.3 Å². The number of para-hydroxylation sites is 1. The van der Waals surface area contributed by atoms with Crippen molar-refractivity contribution in [3.63, 3.8) is 0 Å². The van der Waals surface area contributed by atoms with Crippen LogP contribution >= 0.6 is 0 Å². The highest BCUT2D eigenvalue weighted by Gasteiger charge is 1.98. The first-order chi connectivity index (χ1) is 7.34. The number of hydrogen-bond donors (Lipinski definition) is 0. The highest BCUT2D eigenvalue weighted by atomic mass is 16.3. The summed E-state index contributed by atoms with van der Waals surface area (Å²) in [6.07, 6.45) is 3.09. The van der Waals surface area contributed by atoms with Crippen LogP contribution in [0.5, 0.6) is 0 Å². The van der Waals surface area contributed by atoms with Crippen LogP contribution in [0.4, 0.5) is 5.69 Å². The average Bonchev–Trinajstić information content (AvgIpc) is 2.30. The molecule has 0 atom stereocenters. The number of nitrogens with zero attached hydrogens (tertiary/aromatic N) is 2. The quantitative estimate of drug-likeness (QED) is 0.507. The molecule has 82 valence electrons. The Balaban J connectivity index is 2.19. The van der Waals surface area contributed by atoms with Gasteiger partial charge in [0.05, 0.1) is 6.54 Å². The number of nitroso groups, excluding NO2 is 1. The van der Waals surface area contributed by atoms with Crippen molar-refractivity contribution in [1.29, 1.82) is 0 Å². The van der Waals surface area contributed by atoms with Crippen LogP contribution in [0, 0.1) is 4.91 Å². The maximum atomic E-state index is 9.86. The van der Waals surface area contributed by atoms with E-state index in [0.29, 0.717) is 6.54 Å². The van der Waals surface area contributed by atoms with E-state index < -0.39 is 0 Å². The topological polar surface area (TPSA) is 32.7 Å². The largest absolute Gasteiger partial charge is 0.375 e. The molecule has 0 aliphatic carbocycles. The third-order valence-corrected chi connectivity index (χ3v) is 2.44. The molecular weight excluding hydrogens is 188 g/mol. The van der Waals surface area contributed by atoms with Gasteiger partial charge < -0.3 is 4.90 Å². The van der Waals surface area contributed by atoms with Crippen LogP contribution in [-0.4, -0.2) is 20.1 Å². The molecule has 1 rings (SSSR count). The summed E-state index contributed by atoms with van der Waals surface area (Å²) in [6, 6.07) is 10.3. The van der Waals surface area contributed by atoms with Gasteiger partial charge in [-0.2, -0.15) is 4.91 Å². The van der Waals surface area contributed by atoms with Crippen LogP contribution in [0.15, 0.2) is 35.5 Å². The molecule has 0 spiro atoms. The predicted molar refractivity (Wildman–Crippen MR) is 64.2 cm³/mol. The van der Waals surface area contributed by atoms with Gasteiger partial charge in [-0.3, -0.25) is 0 Å². The minimum absolute atomic E-state index is 0.453. The van der Waals surface area contributed by atoms with Gasteiger partial charge in [0.1, 0.15) is 0 Å². The van der Waals surface area contributed by atoms with Crippen LogP contribution < -0.4 is 4.90 Å². The summed E-state index contributed by atoms with van der Waals surface area (Å²) in [4.78, 5) is 12.1. The molecule has 3 heteroatoms. The number of anilines is 1. The standard InChI is InChI=1S/C12H18N2O/c1-14(11-7-3-6-10-13-15)12-8-4-2-5-9-12/h2,4-5,8-9H,3,6-7,10-11H2,1H3. The highest BCUT2D eigenvalue weighted by Crippen LogP contribution is 2.11. The third kappa shape index (κ3) is 4.58. The van der Waals surface area contributed by atoms with E-state index in [4.69, 9.17) is 0 Å². The molecule has 0 amide bonds. The van der Waals surface area contributed by atoms with Crippen molar-refractivity contribution in [2.45, 2.75) is 19.3 Å². The number of unbranched alkanes of at least 4 members (excludes halogenated alkanes) is 2. The van der Waals surface area contributed by atoms with E-state index in [1.807, 2.05) is 18.2 Å². The summed E-state index contributed by atoms with van der Waals surface area (Å²) in [6.45, 7) is 1.48. The van der Waals surface area contributed by atoms with Crippen molar-refractivity contribution >= 4 is 5.69 Å². The van der Waals surface area contributed by atoms with Gasteiger partial charge in [0.15, 0.2) is 0 Å². The van der Waals surface area contributed by atoms with E-state index in [1.54, 1.807) is 0 Å². The Morgan fingerprint density at radius 3 is 2.53 bits per heavy atom. The first-order valence-corrected chi connectivity index (χ1v) is 5.40. The molecule has 0 heterocycles. The molecule has 0 N–H and O–H groups in total. The molecule has 0 bridgehead atoms. The molecule has 0 radical (unpaired) electrons. The molecule has 0 fully saturated rings. The minimum atomic E-state index is 0.453. The number of hydrogen-bond acceptors (Lipinski definition) is 3. The number of rotatable bonds is 7. The summed E-state index contributed by atoms with van der Waals surface area (Å²) in [5.41, 5.74) is 1.24. The lowest BCUT2D eigenvalue weighted by Gasteiger charge is -2.18. The van der Waals surface area contributed by atoms with Crippen LogP contribution in [0.2, 0.25) is 0 Å². The fraction of sp³-hybridized carbons (Fsp3) is 0.500. The lowest BCUT2D eigenvalue weighted by molar-refractivity contribution is 0.678. The Morgan fingerprint density at radius 2 is 1.87 bits per heavy atom. The SMILES string of the molecule is CN(CCCCCN=O)c1ccccc1. The van der Waals surface area contributed by atoms with E-state index >= 15 is 0 Å². The molecular formula is C12H18N2O. The molecule has 0 saturated heterocycles. The van der Waals surface area contributed by atoms with Crippen molar-refractivity contribution in [1.82, 2.24) is 0 Å². The average molecular weight is 206 g/mol. The Morgan fingerprint density at radius 1 is 1.13 bits per heavy atom. The fourth-order valence-corrected chi connectivity index (χ4v) is 1.51. The van der Waals surface area contributed by atoms with Crippen LogP contribution in [0.1, 0.15) is 19.3 Å². The lowest BCUT2D eigenvalue weighted by atomic mass is 10.2. The Bertz CT molecular complexity index is 274. The van der Waals surface area contributed by atoms with Gasteiger partial charge in [0.25, 0.3) is 0 Å². The molecule has 1 aromatic carbocycles. The van der Waals surface area contributed by atoms with Gasteiger partial charge in [0, 0.05) is 19.3 Å². The predicted octanol–water partition coefficient (Wildman–Crippen LogP) is 3.06. The molecule has 0 aliphatic rings. The van der Waals surface area contributed by atoms with Crippen molar-refractivity contribution in [3.8, 4) is 0 Å². The molecule has 0 aliphatic heterocycles. The number of benzene rings is 1. The van der Waals surface area contributed by atoms with Crippen LogP contribution in [0.3, 0.4) is 0 Å². The van der Waals surface area contributed by atoms with Crippen molar-refractivity contribution in [2.24, 2.45) is 5.18 Å². The normalized spacial score (nSPS) is 9.93. The zero-order valence-electron chi connectivity index (χ0n) is 9.22. The third-order valence-electron chi connectivity index (χ3n) is 2.44. The maximum Gasteiger partial charge on any atom is 0.0811 e. The van der Waals surface area contributed by atoms with Crippen LogP contribution in [-0.2, 0) is 0 Å². The Kier molecular flexibility index (Phi) is 5.44. The summed E-state index contributed by atoms with van der Waals surface area (Å²) in [5.74, 6) is 0. The Labute approximate surface area is 91.1 Å². The minimum Gasteiger partial charge on any atom is -0.375 e. The van der Waals surface area contributed by atoms with Crippen molar-refractivity contribution in [2.75, 3.05) is 25.0 Å². The van der Waals surface area contributed by atoms with E-state index in [0.717, 1.165) is 25.8 Å². The smallest absolute Gasteiger partial charge is 0.0811 e. The fourth-order valence-electron chi connectivity index (χ4n) is 1.51. The van der Waals surface area contributed by atoms with Gasteiger partial charge in [-0.15, -0.1) is 0 Å². The summed E-state index contributed by atoms with van der Waals surface area (Å²) < 4.78 is 0. The van der Waals surface area contributed by atoms with E-state index in [-0.39, 0.29) is 0 Å². The van der Waals surface area contributed by atoms with E-state index in [1.165, 1.54) is 5.69 Å². The second kappa shape index (κ2) is 6.98. The van der Waals surface area contributed by atoms with Crippen molar-refractivity contribution < 1.29 is 0 Å². The van der Waals surface area contributed by atoms with Gasteiger partial charge in [-0.1, -0.05) is 23.4 Å². The van der Waals surface area contributed by atoms with E-state index in [9.17, 15) is 4.91 Å². The summed E-state index contributed by atoms with van der Waals surface area (Å²) >= 11 is 0. The van der Waals surface area contributed by atoms with Crippen molar-refractivity contribution in [3.05, 3.63) is 35.2 Å². The zero-order chi connectivity index (χ0) is 10.9. The highest BCUT2D eigenvalue weighted by molar-refractivity contribution is 5.44. The van der Waals surface area contributed by atoms with Gasteiger partial charge in [-0.25, -0.2) is 0 Å². The molecule has 0 saturated carbocycles. The first kappa shape index (κ1) is 11.7. The van der Waals surface area contributed by atoms with Gasteiger partial charge in [0.2, 0.25) is 0 Å². The zero-order valence-corrected chi connectivity index (χ0v) is 9.22. The van der Waals surface area contributed by atoms with Crippen LogP contribution in [0.25, 0.3) is 0 Å². The van der Waals surface area contributed by atoms with Gasteiger partial charge >= 0.3 is 0 Å². The van der Waals surface area contributed by atoms with Gasteiger partial charge in [-0.05, 0) is 31.4 Å². The molecule has 3 nitrogen and oxygen atoms in total. The first-order valence-electron chi connectivity index (χ1n) is 5.40. The molecule has 15 heavy (non-hydrogen) atoms. The monoisotopic (exact) mass is 206 g/mol. The molecule has 0 aromatic heterocycles. The summed E-state index contributed by atoms with van der Waals surface area (Å²) in [7, 11) is 2.09. The lowest BCUT2D eigenvalue weighted by Crippen LogP contribution is -2.18. The molecule has 1 aromatic rings. The second-order valence-electron chi connectivity index (χ2n) is 3.67. The Hall–Kier alpha value is -1.38.